The average Bonchev–Trinajstić information content (AvgIpc) is 3.53. The lowest BCUT2D eigenvalue weighted by atomic mass is 10.1. The van der Waals surface area contributed by atoms with Crippen LogP contribution in [-0.4, -0.2) is 46.0 Å². The molecule has 0 fully saturated rings. The molecule has 0 aliphatic heterocycles. The van der Waals surface area contributed by atoms with Crippen molar-refractivity contribution in [3.8, 4) is 34.0 Å². The highest BCUT2D eigenvalue weighted by Crippen LogP contribution is 2.30. The number of aromatic amines is 2. The molecule has 0 aromatic carbocycles. The maximum Gasteiger partial charge on any atom is 0.224 e. The minimum atomic E-state index is -0.0759. The van der Waals surface area contributed by atoms with E-state index in [4.69, 9.17) is 4.98 Å². The number of H-pyrrole nitrogens is 2. The van der Waals surface area contributed by atoms with E-state index in [-0.39, 0.29) is 5.91 Å². The topological polar surface area (TPSA) is 138 Å². The van der Waals surface area contributed by atoms with Crippen molar-refractivity contribution in [2.24, 2.45) is 0 Å². The molecular formula is C25H19N9O. The van der Waals surface area contributed by atoms with Crippen molar-refractivity contribution in [1.82, 2.24) is 40.1 Å². The van der Waals surface area contributed by atoms with Crippen LogP contribution in [0.4, 0.5) is 5.69 Å². The smallest absolute Gasteiger partial charge is 0.224 e. The Kier molecular flexibility index (Phi) is 4.95. The van der Waals surface area contributed by atoms with Gasteiger partial charge in [0.1, 0.15) is 5.52 Å². The van der Waals surface area contributed by atoms with Crippen LogP contribution >= 0.6 is 0 Å². The molecule has 1 amide bonds. The second-order valence-electron chi connectivity index (χ2n) is 7.89. The molecule has 0 unspecified atom stereocenters. The minimum absolute atomic E-state index is 0.0759. The van der Waals surface area contributed by atoms with E-state index in [0.29, 0.717) is 40.5 Å². The lowest BCUT2D eigenvalue weighted by Crippen LogP contribution is -2.09. The molecule has 10 heteroatoms. The molecule has 0 saturated heterocycles. The molecule has 0 aliphatic rings. The monoisotopic (exact) mass is 461 g/mol. The quantitative estimate of drug-likeness (QED) is 0.346. The predicted molar refractivity (Wildman–Crippen MR) is 132 cm³/mol. The molecule has 35 heavy (non-hydrogen) atoms. The van der Waals surface area contributed by atoms with Gasteiger partial charge >= 0.3 is 0 Å². The zero-order valence-corrected chi connectivity index (χ0v) is 18.6. The van der Waals surface area contributed by atoms with Crippen LogP contribution in [0.1, 0.15) is 13.3 Å². The van der Waals surface area contributed by atoms with Crippen LogP contribution in [0.5, 0.6) is 0 Å². The van der Waals surface area contributed by atoms with E-state index in [1.54, 1.807) is 31.7 Å². The standard InChI is InChI=1S/C25H19N9O/c1-2-20(35)29-15-11-14(12-26-13-15)17-6-7-19-22(30-17)23(34-33-19)25-31-21-16(8-10-28-24(21)32-25)18-5-3-4-9-27-18/h3-13H,2H2,1H3,(H,29,35)(H,33,34)(H,28,31,32). The zero-order valence-electron chi connectivity index (χ0n) is 18.6. The molecule has 6 rings (SSSR count). The first-order valence-electron chi connectivity index (χ1n) is 11.1. The fraction of sp³-hybridized carbons (Fsp3) is 0.0800. The summed E-state index contributed by atoms with van der Waals surface area (Å²) in [6.07, 6.45) is 7.18. The number of hydrogen-bond donors (Lipinski definition) is 3. The highest BCUT2D eigenvalue weighted by molar-refractivity contribution is 5.95. The summed E-state index contributed by atoms with van der Waals surface area (Å²) in [5.74, 6) is 0.474. The van der Waals surface area contributed by atoms with E-state index >= 15 is 0 Å². The van der Waals surface area contributed by atoms with Gasteiger partial charge in [-0.05, 0) is 36.4 Å². The third-order valence-corrected chi connectivity index (χ3v) is 5.60. The second kappa shape index (κ2) is 8.41. The number of imidazole rings is 1. The number of hydrogen-bond acceptors (Lipinski definition) is 7. The number of pyridine rings is 4. The van der Waals surface area contributed by atoms with Crippen LogP contribution in [0.2, 0.25) is 0 Å². The number of fused-ring (bicyclic) bond motifs is 2. The van der Waals surface area contributed by atoms with E-state index in [2.05, 4.69) is 40.4 Å². The number of nitrogens with zero attached hydrogens (tertiary/aromatic N) is 6. The molecule has 0 saturated carbocycles. The van der Waals surface area contributed by atoms with Crippen molar-refractivity contribution >= 4 is 33.8 Å². The number of nitrogens with one attached hydrogen (secondary N) is 3. The van der Waals surface area contributed by atoms with Gasteiger partial charge in [-0.2, -0.15) is 5.10 Å². The molecule has 10 nitrogen and oxygen atoms in total. The van der Waals surface area contributed by atoms with Gasteiger partial charge in [-0.25, -0.2) is 15.0 Å². The molecule has 0 bridgehead atoms. The summed E-state index contributed by atoms with van der Waals surface area (Å²) >= 11 is 0. The summed E-state index contributed by atoms with van der Waals surface area (Å²) in [7, 11) is 0. The minimum Gasteiger partial charge on any atom is -0.335 e. The molecular weight excluding hydrogens is 442 g/mol. The Morgan fingerprint density at radius 1 is 1.00 bits per heavy atom. The number of carbonyl (C=O) groups is 1. The Balaban J connectivity index is 1.43. The van der Waals surface area contributed by atoms with Gasteiger partial charge in [-0.3, -0.25) is 19.9 Å². The Hall–Kier alpha value is -4.99. The number of anilines is 1. The normalized spacial score (nSPS) is 11.2. The van der Waals surface area contributed by atoms with Crippen LogP contribution in [0.15, 0.2) is 67.3 Å². The van der Waals surface area contributed by atoms with Crippen molar-refractivity contribution < 1.29 is 4.79 Å². The first kappa shape index (κ1) is 20.6. The summed E-state index contributed by atoms with van der Waals surface area (Å²) in [5, 5.41) is 10.3. The fourth-order valence-corrected chi connectivity index (χ4v) is 3.88. The molecule has 6 aromatic rings. The van der Waals surface area contributed by atoms with E-state index in [1.165, 1.54) is 0 Å². The first-order chi connectivity index (χ1) is 17.2. The van der Waals surface area contributed by atoms with Crippen LogP contribution in [0, 0.1) is 0 Å². The van der Waals surface area contributed by atoms with Gasteiger partial charge in [-0.15, -0.1) is 0 Å². The van der Waals surface area contributed by atoms with Crippen LogP contribution in [-0.2, 0) is 4.79 Å². The van der Waals surface area contributed by atoms with Gasteiger partial charge in [0.05, 0.1) is 34.3 Å². The lowest BCUT2D eigenvalue weighted by Gasteiger charge is -2.06. The van der Waals surface area contributed by atoms with E-state index < -0.39 is 0 Å². The van der Waals surface area contributed by atoms with Crippen molar-refractivity contribution in [3.05, 3.63) is 67.3 Å². The molecule has 6 aromatic heterocycles. The highest BCUT2D eigenvalue weighted by Gasteiger charge is 2.17. The summed E-state index contributed by atoms with van der Waals surface area (Å²) in [6, 6.07) is 13.3. The van der Waals surface area contributed by atoms with Crippen molar-refractivity contribution in [2.45, 2.75) is 13.3 Å². The summed E-state index contributed by atoms with van der Waals surface area (Å²) < 4.78 is 0. The largest absolute Gasteiger partial charge is 0.335 e. The second-order valence-corrected chi connectivity index (χ2v) is 7.89. The number of amides is 1. The Morgan fingerprint density at radius 3 is 2.80 bits per heavy atom. The number of aromatic nitrogens is 8. The van der Waals surface area contributed by atoms with Gasteiger partial charge in [0.2, 0.25) is 5.91 Å². The predicted octanol–water partition coefficient (Wildman–Crippen LogP) is 4.37. The maximum absolute atomic E-state index is 11.8. The zero-order chi connectivity index (χ0) is 23.8. The van der Waals surface area contributed by atoms with Crippen molar-refractivity contribution in [3.63, 3.8) is 0 Å². The summed E-state index contributed by atoms with van der Waals surface area (Å²) in [4.78, 5) is 37.8. The molecule has 0 radical (unpaired) electrons. The number of carbonyl (C=O) groups excluding carboxylic acids is 1. The molecule has 3 N–H and O–H groups in total. The summed E-state index contributed by atoms with van der Waals surface area (Å²) in [5.41, 5.74) is 7.17. The van der Waals surface area contributed by atoms with Crippen LogP contribution < -0.4 is 5.32 Å². The lowest BCUT2D eigenvalue weighted by molar-refractivity contribution is -0.115. The molecule has 0 spiro atoms. The fourth-order valence-electron chi connectivity index (χ4n) is 3.88. The Bertz CT molecular complexity index is 1690. The van der Waals surface area contributed by atoms with Gasteiger partial charge < -0.3 is 10.3 Å². The van der Waals surface area contributed by atoms with Gasteiger partial charge in [-0.1, -0.05) is 13.0 Å². The molecule has 6 heterocycles. The van der Waals surface area contributed by atoms with E-state index in [9.17, 15) is 4.79 Å². The van der Waals surface area contributed by atoms with E-state index in [0.717, 1.165) is 27.9 Å². The van der Waals surface area contributed by atoms with Gasteiger partial charge in [0.15, 0.2) is 17.2 Å². The average molecular weight is 461 g/mol. The van der Waals surface area contributed by atoms with Gasteiger partial charge in [0.25, 0.3) is 0 Å². The third-order valence-electron chi connectivity index (χ3n) is 5.60. The van der Waals surface area contributed by atoms with Crippen molar-refractivity contribution in [2.75, 3.05) is 5.32 Å². The third kappa shape index (κ3) is 3.76. The Morgan fingerprint density at radius 2 is 1.94 bits per heavy atom. The van der Waals surface area contributed by atoms with Gasteiger partial charge in [0, 0.05) is 36.1 Å². The number of rotatable bonds is 5. The Labute approximate surface area is 198 Å². The van der Waals surface area contributed by atoms with Crippen LogP contribution in [0.25, 0.3) is 56.2 Å². The van der Waals surface area contributed by atoms with Crippen molar-refractivity contribution in [1.29, 1.82) is 0 Å². The van der Waals surface area contributed by atoms with Crippen LogP contribution in [0.3, 0.4) is 0 Å². The van der Waals surface area contributed by atoms with E-state index in [1.807, 2.05) is 42.5 Å². The first-order valence-corrected chi connectivity index (χ1v) is 11.1. The summed E-state index contributed by atoms with van der Waals surface area (Å²) in [6.45, 7) is 1.80. The molecule has 0 atom stereocenters. The molecule has 170 valence electrons. The SMILES string of the molecule is CCC(=O)Nc1cncc(-c2ccc3[nH]nc(-c4nc5nccc(-c6ccccn6)c5[nH]4)c3n2)c1. The molecule has 0 aliphatic carbocycles. The highest BCUT2D eigenvalue weighted by atomic mass is 16.1. The maximum atomic E-state index is 11.8.